The standard InChI is InChI=1S/C29H59O11P/c1-3-4-5-6-7-8-9-10-11-12-13-14-15-16-17-18-19-38-21-23(37-2)22-39-41(35,36)40-29-26(32)24(20-30)25(31)27(33)28(29)34/h23-34H,3-22H2,1-2H3,(H,35,36)/t23-,24-,25?,26?,27?,28?,29?/m1/s1. The Labute approximate surface area is 247 Å². The number of ether oxygens (including phenoxy) is 2. The Balaban J connectivity index is 2.08. The lowest BCUT2D eigenvalue weighted by molar-refractivity contribution is -0.206. The van der Waals surface area contributed by atoms with Crippen LogP contribution in [0.4, 0.5) is 0 Å². The van der Waals surface area contributed by atoms with Gasteiger partial charge in [0.15, 0.2) is 0 Å². The van der Waals surface area contributed by atoms with Crippen LogP contribution in [0.25, 0.3) is 0 Å². The molecule has 1 aliphatic carbocycles. The molecule has 1 saturated carbocycles. The Bertz CT molecular complexity index is 671. The minimum Gasteiger partial charge on any atom is -0.396 e. The van der Waals surface area contributed by atoms with Crippen LogP contribution in [0.5, 0.6) is 0 Å². The average Bonchev–Trinajstić information content (AvgIpc) is 2.95. The number of aliphatic hydroxyl groups excluding tert-OH is 5. The van der Waals surface area contributed by atoms with E-state index in [1.165, 1.54) is 97.0 Å². The normalized spacial score (nSPS) is 27.1. The number of methoxy groups -OCH3 is 1. The number of hydrogen-bond donors (Lipinski definition) is 6. The van der Waals surface area contributed by atoms with E-state index >= 15 is 0 Å². The zero-order chi connectivity index (χ0) is 30.5. The van der Waals surface area contributed by atoms with E-state index in [2.05, 4.69) is 6.92 Å². The predicted octanol–water partition coefficient (Wildman–Crippen LogP) is 3.85. The summed E-state index contributed by atoms with van der Waals surface area (Å²) >= 11 is 0. The highest BCUT2D eigenvalue weighted by molar-refractivity contribution is 7.47. The first kappa shape index (κ1) is 38.9. The van der Waals surface area contributed by atoms with Gasteiger partial charge in [0, 0.05) is 19.6 Å². The Morgan fingerprint density at radius 2 is 1.17 bits per heavy atom. The summed E-state index contributed by atoms with van der Waals surface area (Å²) in [6.45, 7) is 1.85. The van der Waals surface area contributed by atoms with Crippen molar-refractivity contribution < 1.29 is 53.5 Å². The quantitative estimate of drug-likeness (QED) is 0.0617. The minimum absolute atomic E-state index is 0.140. The highest BCUT2D eigenvalue weighted by Gasteiger charge is 2.51. The van der Waals surface area contributed by atoms with E-state index < -0.39 is 57.0 Å². The van der Waals surface area contributed by atoms with Gasteiger partial charge < -0.3 is 39.9 Å². The Hall–Kier alpha value is -0.170. The number of phosphoric acid groups is 1. The van der Waals surface area contributed by atoms with Crippen LogP contribution in [0.1, 0.15) is 110 Å². The molecule has 12 heteroatoms. The maximum atomic E-state index is 12.4. The highest BCUT2D eigenvalue weighted by atomic mass is 31.2. The molecule has 0 spiro atoms. The second kappa shape index (κ2) is 23.2. The Morgan fingerprint density at radius 1 is 0.683 bits per heavy atom. The largest absolute Gasteiger partial charge is 0.472 e. The summed E-state index contributed by atoms with van der Waals surface area (Å²) in [5.74, 6) is -1.27. The molecule has 1 fully saturated rings. The maximum absolute atomic E-state index is 12.4. The average molecular weight is 615 g/mol. The van der Waals surface area contributed by atoms with Crippen LogP contribution in [-0.2, 0) is 23.1 Å². The fourth-order valence-corrected chi connectivity index (χ4v) is 6.12. The zero-order valence-corrected chi connectivity index (χ0v) is 26.2. The molecule has 0 aromatic heterocycles. The first-order valence-electron chi connectivity index (χ1n) is 15.8. The van der Waals surface area contributed by atoms with Crippen molar-refractivity contribution >= 4 is 7.82 Å². The third-order valence-corrected chi connectivity index (χ3v) is 8.90. The monoisotopic (exact) mass is 614 g/mol. The number of hydrogen-bond acceptors (Lipinski definition) is 10. The Kier molecular flexibility index (Phi) is 22.0. The molecule has 0 aliphatic heterocycles. The van der Waals surface area contributed by atoms with Gasteiger partial charge in [-0.15, -0.1) is 0 Å². The summed E-state index contributed by atoms with van der Waals surface area (Å²) in [6, 6.07) is 0. The van der Waals surface area contributed by atoms with E-state index in [4.69, 9.17) is 18.5 Å². The van der Waals surface area contributed by atoms with Crippen LogP contribution in [0.15, 0.2) is 0 Å². The van der Waals surface area contributed by atoms with Gasteiger partial charge in [-0.2, -0.15) is 0 Å². The molecule has 0 amide bonds. The van der Waals surface area contributed by atoms with Gasteiger partial charge in [-0.1, -0.05) is 103 Å². The molecule has 0 saturated heterocycles. The third-order valence-electron chi connectivity index (χ3n) is 7.92. The lowest BCUT2D eigenvalue weighted by Crippen LogP contribution is -2.62. The molecule has 0 aromatic carbocycles. The van der Waals surface area contributed by atoms with Crippen LogP contribution >= 0.6 is 7.82 Å². The SMILES string of the molecule is CCCCCCCCCCCCCCCCCCOC[C@H](COP(=O)(O)OC1C(O)C(O)C(O)[C@@H](CO)C1O)OC. The van der Waals surface area contributed by atoms with Crippen LogP contribution in [0.3, 0.4) is 0 Å². The molecular formula is C29H59O11P. The van der Waals surface area contributed by atoms with Crippen molar-refractivity contribution in [2.24, 2.45) is 5.92 Å². The topological polar surface area (TPSA) is 175 Å². The molecule has 1 aliphatic rings. The van der Waals surface area contributed by atoms with Crippen molar-refractivity contribution in [3.8, 4) is 0 Å². The van der Waals surface area contributed by atoms with Gasteiger partial charge in [0.25, 0.3) is 0 Å². The summed E-state index contributed by atoms with van der Waals surface area (Å²) < 4.78 is 33.1. The first-order valence-corrected chi connectivity index (χ1v) is 17.3. The van der Waals surface area contributed by atoms with E-state index in [9.17, 15) is 35.0 Å². The summed E-state index contributed by atoms with van der Waals surface area (Å²) in [5, 5.41) is 49.5. The summed E-state index contributed by atoms with van der Waals surface area (Å²) in [4.78, 5) is 10.1. The molecule has 6 N–H and O–H groups in total. The van der Waals surface area contributed by atoms with E-state index in [0.717, 1.165) is 12.8 Å². The molecule has 6 unspecified atom stereocenters. The van der Waals surface area contributed by atoms with Crippen molar-refractivity contribution in [2.45, 2.75) is 146 Å². The molecule has 41 heavy (non-hydrogen) atoms. The molecule has 0 radical (unpaired) electrons. The summed E-state index contributed by atoms with van der Waals surface area (Å²) in [6.07, 6.45) is 11.3. The van der Waals surface area contributed by atoms with Gasteiger partial charge in [-0.3, -0.25) is 9.05 Å². The van der Waals surface area contributed by atoms with Crippen molar-refractivity contribution in [3.05, 3.63) is 0 Å². The van der Waals surface area contributed by atoms with Crippen LogP contribution in [-0.4, -0.2) is 101 Å². The molecule has 0 heterocycles. The zero-order valence-electron chi connectivity index (χ0n) is 25.4. The molecule has 8 atom stereocenters. The van der Waals surface area contributed by atoms with Gasteiger partial charge in [0.05, 0.1) is 32.0 Å². The minimum atomic E-state index is -4.79. The molecule has 0 aromatic rings. The van der Waals surface area contributed by atoms with Crippen molar-refractivity contribution in [3.63, 3.8) is 0 Å². The second-order valence-electron chi connectivity index (χ2n) is 11.4. The van der Waals surface area contributed by atoms with E-state index in [-0.39, 0.29) is 13.2 Å². The highest BCUT2D eigenvalue weighted by Crippen LogP contribution is 2.47. The molecule has 246 valence electrons. The predicted molar refractivity (Wildman–Crippen MR) is 156 cm³/mol. The van der Waals surface area contributed by atoms with Gasteiger partial charge in [-0.25, -0.2) is 4.57 Å². The molecule has 0 bridgehead atoms. The van der Waals surface area contributed by atoms with Gasteiger partial charge in [0.1, 0.15) is 24.4 Å². The smallest absolute Gasteiger partial charge is 0.396 e. The molecule has 1 rings (SSSR count). The molecular weight excluding hydrogens is 555 g/mol. The van der Waals surface area contributed by atoms with Crippen LogP contribution in [0.2, 0.25) is 0 Å². The van der Waals surface area contributed by atoms with Crippen LogP contribution < -0.4 is 0 Å². The van der Waals surface area contributed by atoms with Crippen molar-refractivity contribution in [1.29, 1.82) is 0 Å². The Morgan fingerprint density at radius 3 is 1.63 bits per heavy atom. The molecule has 11 nitrogen and oxygen atoms in total. The lowest BCUT2D eigenvalue weighted by Gasteiger charge is -2.43. The fraction of sp³-hybridized carbons (Fsp3) is 1.00. The maximum Gasteiger partial charge on any atom is 0.472 e. The lowest BCUT2D eigenvalue weighted by atomic mass is 9.79. The number of unbranched alkanes of at least 4 members (excludes halogenated alkanes) is 15. The van der Waals surface area contributed by atoms with Crippen molar-refractivity contribution in [2.75, 3.05) is 33.5 Å². The third kappa shape index (κ3) is 16.5. The summed E-state index contributed by atoms with van der Waals surface area (Å²) in [7, 11) is -3.38. The fourth-order valence-electron chi connectivity index (χ4n) is 5.15. The van der Waals surface area contributed by atoms with E-state index in [1.807, 2.05) is 0 Å². The van der Waals surface area contributed by atoms with Crippen LogP contribution in [0, 0.1) is 5.92 Å². The van der Waals surface area contributed by atoms with E-state index in [0.29, 0.717) is 6.61 Å². The van der Waals surface area contributed by atoms with Gasteiger partial charge >= 0.3 is 7.82 Å². The first-order chi connectivity index (χ1) is 19.7. The number of rotatable bonds is 26. The van der Waals surface area contributed by atoms with E-state index in [1.54, 1.807) is 0 Å². The van der Waals surface area contributed by atoms with Gasteiger partial charge in [-0.05, 0) is 6.42 Å². The van der Waals surface area contributed by atoms with Crippen molar-refractivity contribution in [1.82, 2.24) is 0 Å². The number of aliphatic hydroxyl groups is 5. The summed E-state index contributed by atoms with van der Waals surface area (Å²) in [5.41, 5.74) is 0. The number of phosphoric ester groups is 1. The van der Waals surface area contributed by atoms with Gasteiger partial charge in [0.2, 0.25) is 0 Å². The second-order valence-corrected chi connectivity index (χ2v) is 12.8.